The van der Waals surface area contributed by atoms with Crippen LogP contribution in [0.1, 0.15) is 42.7 Å². The summed E-state index contributed by atoms with van der Waals surface area (Å²) in [5.74, 6) is 0.703. The van der Waals surface area contributed by atoms with Gasteiger partial charge in [0.1, 0.15) is 11.9 Å². The number of hydrogen-bond acceptors (Lipinski definition) is 5. The number of benzene rings is 2. The molecule has 0 unspecified atom stereocenters. The van der Waals surface area contributed by atoms with Crippen molar-refractivity contribution in [1.82, 2.24) is 4.98 Å². The first-order valence-corrected chi connectivity index (χ1v) is 12.5. The quantitative estimate of drug-likeness (QED) is 0.459. The molecule has 2 aromatic carbocycles. The molecule has 1 heterocycles. The zero-order valence-corrected chi connectivity index (χ0v) is 18.6. The maximum atomic E-state index is 10.7. The third kappa shape index (κ3) is 4.48. The summed E-state index contributed by atoms with van der Waals surface area (Å²) in [6.07, 6.45) is 1.12. The molecule has 0 aliphatic heterocycles. The van der Waals surface area contributed by atoms with Crippen molar-refractivity contribution >= 4 is 18.5 Å². The van der Waals surface area contributed by atoms with Gasteiger partial charge in [-0.25, -0.2) is 0 Å². The lowest BCUT2D eigenvalue weighted by Gasteiger charge is -2.23. The van der Waals surface area contributed by atoms with Crippen molar-refractivity contribution in [2.24, 2.45) is 0 Å². The second-order valence-corrected chi connectivity index (χ2v) is 9.88. The topological polar surface area (TPSA) is 60.8 Å². The fraction of sp³-hybridized carbons (Fsp3) is 0.261. The average Bonchev–Trinajstić information content (AvgIpc) is 3.06. The SMILES string of the molecule is CCOc1ccnc([C@@H](C)O[P@](O)(=S)OCC2c3ccccc3-c3ccccc32)c1. The molecule has 4 rings (SSSR count). The van der Waals surface area contributed by atoms with Crippen molar-refractivity contribution in [2.75, 3.05) is 13.2 Å². The summed E-state index contributed by atoms with van der Waals surface area (Å²) in [6, 6.07) is 20.1. The van der Waals surface area contributed by atoms with Gasteiger partial charge in [-0.05, 0) is 54.0 Å². The highest BCUT2D eigenvalue weighted by Crippen LogP contribution is 2.51. The molecule has 0 amide bonds. The van der Waals surface area contributed by atoms with E-state index < -0.39 is 12.8 Å². The molecule has 0 bridgehead atoms. The highest BCUT2D eigenvalue weighted by molar-refractivity contribution is 8.07. The van der Waals surface area contributed by atoms with Crippen LogP contribution in [0.15, 0.2) is 66.9 Å². The maximum absolute atomic E-state index is 10.7. The Bertz CT molecular complexity index is 1040. The average molecular weight is 441 g/mol. The Labute approximate surface area is 181 Å². The number of aromatic nitrogens is 1. The number of hydrogen-bond donors (Lipinski definition) is 1. The third-order valence-electron chi connectivity index (χ3n) is 5.14. The van der Waals surface area contributed by atoms with Gasteiger partial charge in [-0.2, -0.15) is 0 Å². The molecule has 3 aromatic rings. The van der Waals surface area contributed by atoms with E-state index in [1.165, 1.54) is 22.3 Å². The Hall–Kier alpha value is -2.08. The number of fused-ring (bicyclic) bond motifs is 3. The van der Waals surface area contributed by atoms with E-state index in [2.05, 4.69) is 29.2 Å². The fourth-order valence-electron chi connectivity index (χ4n) is 3.80. The summed E-state index contributed by atoms with van der Waals surface area (Å²) in [6.45, 7) is 1.05. The van der Waals surface area contributed by atoms with Crippen molar-refractivity contribution in [3.05, 3.63) is 83.7 Å². The number of nitrogens with zero attached hydrogens (tertiary/aromatic N) is 1. The minimum Gasteiger partial charge on any atom is -0.494 e. The Morgan fingerprint density at radius 3 is 2.33 bits per heavy atom. The monoisotopic (exact) mass is 441 g/mol. The van der Waals surface area contributed by atoms with E-state index in [1.807, 2.05) is 31.2 Å². The Balaban J connectivity index is 1.47. The molecule has 0 saturated carbocycles. The highest BCUT2D eigenvalue weighted by atomic mass is 32.5. The molecule has 1 aromatic heterocycles. The van der Waals surface area contributed by atoms with Gasteiger partial charge < -0.3 is 14.2 Å². The molecule has 0 radical (unpaired) electrons. The first-order chi connectivity index (χ1) is 14.5. The molecule has 2 atom stereocenters. The molecule has 0 fully saturated rings. The first-order valence-electron chi connectivity index (χ1n) is 9.91. The van der Waals surface area contributed by atoms with Crippen LogP contribution in [0.5, 0.6) is 5.75 Å². The Morgan fingerprint density at radius 2 is 1.70 bits per heavy atom. The molecule has 0 saturated heterocycles. The molecule has 7 heteroatoms. The Kier molecular flexibility index (Phi) is 6.32. The van der Waals surface area contributed by atoms with Gasteiger partial charge in [0.2, 0.25) is 0 Å². The van der Waals surface area contributed by atoms with Gasteiger partial charge in [-0.1, -0.05) is 48.5 Å². The molecule has 1 aliphatic carbocycles. The van der Waals surface area contributed by atoms with Crippen molar-refractivity contribution < 1.29 is 18.7 Å². The van der Waals surface area contributed by atoms with Gasteiger partial charge in [0, 0.05) is 18.2 Å². The summed E-state index contributed by atoms with van der Waals surface area (Å²) in [7, 11) is 0. The van der Waals surface area contributed by atoms with E-state index in [-0.39, 0.29) is 12.5 Å². The second-order valence-electron chi connectivity index (χ2n) is 7.09. The van der Waals surface area contributed by atoms with E-state index >= 15 is 0 Å². The third-order valence-corrected chi connectivity index (χ3v) is 6.77. The second kappa shape index (κ2) is 8.96. The summed E-state index contributed by atoms with van der Waals surface area (Å²) in [4.78, 5) is 15.0. The van der Waals surface area contributed by atoms with E-state index in [4.69, 9.17) is 25.6 Å². The van der Waals surface area contributed by atoms with Crippen LogP contribution in [0.25, 0.3) is 11.1 Å². The number of ether oxygens (including phenoxy) is 1. The van der Waals surface area contributed by atoms with Gasteiger partial charge in [-0.3, -0.25) is 9.51 Å². The van der Waals surface area contributed by atoms with Crippen LogP contribution >= 0.6 is 6.72 Å². The van der Waals surface area contributed by atoms with Crippen LogP contribution in [0.3, 0.4) is 0 Å². The molecule has 30 heavy (non-hydrogen) atoms. The van der Waals surface area contributed by atoms with E-state index in [0.717, 1.165) is 0 Å². The first kappa shape index (κ1) is 21.2. The zero-order valence-electron chi connectivity index (χ0n) is 16.9. The van der Waals surface area contributed by atoms with Crippen molar-refractivity contribution in [3.63, 3.8) is 0 Å². The lowest BCUT2D eigenvalue weighted by atomic mass is 9.98. The predicted molar refractivity (Wildman–Crippen MR) is 121 cm³/mol. The standard InChI is InChI=1S/C23H24NO4PS/c1-3-26-17-12-13-24-23(14-17)16(2)28-29(25,30)27-15-22-20-10-6-4-8-18(20)19-9-5-7-11-21(19)22/h4-14,16,22H,3,15H2,1-2H3,(H,25,30)/t16-,29-/m1/s1. The lowest BCUT2D eigenvalue weighted by molar-refractivity contribution is 0.147. The van der Waals surface area contributed by atoms with E-state index in [1.54, 1.807) is 25.3 Å². The van der Waals surface area contributed by atoms with Gasteiger partial charge in [-0.15, -0.1) is 0 Å². The summed E-state index contributed by atoms with van der Waals surface area (Å²) < 4.78 is 17.0. The largest absolute Gasteiger partial charge is 0.494 e. The van der Waals surface area contributed by atoms with Crippen LogP contribution in [-0.4, -0.2) is 23.1 Å². The predicted octanol–water partition coefficient (Wildman–Crippen LogP) is 5.60. The van der Waals surface area contributed by atoms with Gasteiger partial charge >= 0.3 is 6.72 Å². The summed E-state index contributed by atoms with van der Waals surface area (Å²) >= 11 is 5.30. The molecule has 5 nitrogen and oxygen atoms in total. The van der Waals surface area contributed by atoms with E-state index in [0.29, 0.717) is 18.1 Å². The van der Waals surface area contributed by atoms with Gasteiger partial charge in [0.25, 0.3) is 0 Å². The minimum absolute atomic E-state index is 0.00480. The molecular weight excluding hydrogens is 417 g/mol. The fourth-order valence-corrected chi connectivity index (χ4v) is 5.27. The maximum Gasteiger partial charge on any atom is 0.325 e. The number of rotatable bonds is 8. The van der Waals surface area contributed by atoms with Crippen LogP contribution in [0.4, 0.5) is 0 Å². The normalized spacial score (nSPS) is 15.8. The molecule has 0 spiro atoms. The van der Waals surface area contributed by atoms with Crippen molar-refractivity contribution in [3.8, 4) is 16.9 Å². The minimum atomic E-state index is -3.47. The van der Waals surface area contributed by atoms with Crippen molar-refractivity contribution in [1.29, 1.82) is 0 Å². The lowest BCUT2D eigenvalue weighted by Crippen LogP contribution is -2.08. The van der Waals surface area contributed by atoms with Crippen LogP contribution in [0, 0.1) is 0 Å². The molecular formula is C23H24NO4PS. The van der Waals surface area contributed by atoms with Crippen LogP contribution < -0.4 is 4.74 Å². The van der Waals surface area contributed by atoms with Crippen LogP contribution in [-0.2, 0) is 20.9 Å². The van der Waals surface area contributed by atoms with Gasteiger partial charge in [0.15, 0.2) is 0 Å². The van der Waals surface area contributed by atoms with Crippen LogP contribution in [0.2, 0.25) is 0 Å². The smallest absolute Gasteiger partial charge is 0.325 e. The molecule has 1 aliphatic rings. The summed E-state index contributed by atoms with van der Waals surface area (Å²) in [5, 5.41) is 0. The summed E-state index contributed by atoms with van der Waals surface area (Å²) in [5.41, 5.74) is 5.36. The number of pyridine rings is 1. The Morgan fingerprint density at radius 1 is 1.07 bits per heavy atom. The molecule has 1 N–H and O–H groups in total. The highest BCUT2D eigenvalue weighted by Gasteiger charge is 2.31. The molecule has 156 valence electrons. The zero-order chi connectivity index (χ0) is 21.1. The van der Waals surface area contributed by atoms with Crippen molar-refractivity contribution in [2.45, 2.75) is 25.9 Å². The van der Waals surface area contributed by atoms with E-state index in [9.17, 15) is 4.89 Å². The van der Waals surface area contributed by atoms with Gasteiger partial charge in [0.05, 0.1) is 18.9 Å².